The number of nitrogens with zero attached hydrogens (tertiary/aromatic N) is 2. The standard InChI is InChI=1S/C26H23N3O3/c1-16-23(25(30)17-9-5-4-6-10-17)24(18-13-14-21(31-2)22(15-18)32-3)29-20-12-8-7-11-19(20)28-26(29)27-16/h4-15,24H,1-3H3,(H,27,28)/t24-/m0/s1. The van der Waals surface area contributed by atoms with Crippen LogP contribution in [0.15, 0.2) is 84.1 Å². The molecule has 0 saturated heterocycles. The van der Waals surface area contributed by atoms with E-state index in [1.165, 1.54) is 0 Å². The molecule has 0 amide bonds. The Kier molecular flexibility index (Phi) is 4.90. The van der Waals surface area contributed by atoms with Crippen LogP contribution in [0.2, 0.25) is 0 Å². The Morgan fingerprint density at radius 2 is 1.66 bits per heavy atom. The summed E-state index contributed by atoms with van der Waals surface area (Å²) in [5.74, 6) is 1.92. The lowest BCUT2D eigenvalue weighted by Crippen LogP contribution is -2.28. The number of allylic oxidation sites excluding steroid dienone is 2. The van der Waals surface area contributed by atoms with E-state index < -0.39 is 0 Å². The maximum absolute atomic E-state index is 13.8. The summed E-state index contributed by atoms with van der Waals surface area (Å²) in [5.41, 5.74) is 4.80. The van der Waals surface area contributed by atoms with Crippen molar-refractivity contribution in [3.63, 3.8) is 0 Å². The van der Waals surface area contributed by atoms with Gasteiger partial charge in [-0.3, -0.25) is 9.36 Å². The highest BCUT2D eigenvalue weighted by molar-refractivity contribution is 6.11. The van der Waals surface area contributed by atoms with Crippen LogP contribution in [0.3, 0.4) is 0 Å². The highest BCUT2D eigenvalue weighted by Crippen LogP contribution is 2.42. The average molecular weight is 425 g/mol. The zero-order chi connectivity index (χ0) is 22.2. The number of ether oxygens (including phenoxy) is 2. The maximum Gasteiger partial charge on any atom is 0.209 e. The van der Waals surface area contributed by atoms with Crippen molar-refractivity contribution >= 4 is 22.8 Å². The van der Waals surface area contributed by atoms with E-state index in [1.807, 2.05) is 79.7 Å². The smallest absolute Gasteiger partial charge is 0.209 e. The Bertz CT molecular complexity index is 1360. The van der Waals surface area contributed by atoms with Gasteiger partial charge in [0.25, 0.3) is 0 Å². The van der Waals surface area contributed by atoms with E-state index in [4.69, 9.17) is 14.5 Å². The molecule has 6 nitrogen and oxygen atoms in total. The number of benzene rings is 3. The van der Waals surface area contributed by atoms with Gasteiger partial charge in [0.05, 0.1) is 31.3 Å². The van der Waals surface area contributed by atoms with Crippen molar-refractivity contribution in [2.75, 3.05) is 19.5 Å². The van der Waals surface area contributed by atoms with Gasteiger partial charge in [0.2, 0.25) is 5.95 Å². The van der Waals surface area contributed by atoms with Crippen molar-refractivity contribution in [1.29, 1.82) is 0 Å². The van der Waals surface area contributed by atoms with Crippen LogP contribution in [0.25, 0.3) is 11.0 Å². The summed E-state index contributed by atoms with van der Waals surface area (Å²) in [6.45, 7) is 1.92. The van der Waals surface area contributed by atoms with E-state index in [0.717, 1.165) is 22.3 Å². The minimum Gasteiger partial charge on any atom is -0.493 e. The molecular weight excluding hydrogens is 402 g/mol. The Morgan fingerprint density at radius 1 is 0.938 bits per heavy atom. The molecule has 0 radical (unpaired) electrons. The van der Waals surface area contributed by atoms with Gasteiger partial charge >= 0.3 is 0 Å². The summed E-state index contributed by atoms with van der Waals surface area (Å²) in [7, 11) is 3.22. The first kappa shape index (κ1) is 19.9. The van der Waals surface area contributed by atoms with Crippen LogP contribution < -0.4 is 14.8 Å². The first-order valence-electron chi connectivity index (χ1n) is 10.4. The number of imidazole rings is 1. The molecule has 160 valence electrons. The number of fused-ring (bicyclic) bond motifs is 3. The van der Waals surface area contributed by atoms with Gasteiger partial charge in [-0.15, -0.1) is 0 Å². The molecule has 6 heteroatoms. The van der Waals surface area contributed by atoms with Gasteiger partial charge in [-0.2, -0.15) is 0 Å². The van der Waals surface area contributed by atoms with Crippen molar-refractivity contribution < 1.29 is 14.3 Å². The average Bonchev–Trinajstić information content (AvgIpc) is 3.20. The molecule has 32 heavy (non-hydrogen) atoms. The molecule has 1 aromatic heterocycles. The Hall–Kier alpha value is -4.06. The van der Waals surface area contributed by atoms with Gasteiger partial charge in [0, 0.05) is 16.8 Å². The maximum atomic E-state index is 13.8. The highest BCUT2D eigenvalue weighted by atomic mass is 16.5. The fourth-order valence-electron chi connectivity index (χ4n) is 4.34. The molecule has 5 rings (SSSR count). The van der Waals surface area contributed by atoms with E-state index in [1.54, 1.807) is 14.2 Å². The van der Waals surface area contributed by atoms with Crippen molar-refractivity contribution in [3.8, 4) is 11.5 Å². The third-order valence-corrected chi connectivity index (χ3v) is 5.83. The Labute approximate surface area is 186 Å². The van der Waals surface area contributed by atoms with Crippen molar-refractivity contribution in [2.45, 2.75) is 13.0 Å². The molecule has 0 saturated carbocycles. The molecule has 0 spiro atoms. The van der Waals surface area contributed by atoms with Crippen molar-refractivity contribution in [1.82, 2.24) is 9.55 Å². The van der Waals surface area contributed by atoms with Gasteiger partial charge < -0.3 is 14.8 Å². The van der Waals surface area contributed by atoms with Crippen LogP contribution in [-0.2, 0) is 0 Å². The van der Waals surface area contributed by atoms with Gasteiger partial charge in [-0.1, -0.05) is 48.5 Å². The van der Waals surface area contributed by atoms with Crippen LogP contribution in [0.4, 0.5) is 5.95 Å². The zero-order valence-electron chi connectivity index (χ0n) is 18.1. The zero-order valence-corrected chi connectivity index (χ0v) is 18.1. The summed E-state index contributed by atoms with van der Waals surface area (Å²) in [4.78, 5) is 18.5. The molecule has 0 unspecified atom stereocenters. The number of Topliss-reactive ketones (excluding diaryl/α,β-unsaturated/α-hetero) is 1. The topological polar surface area (TPSA) is 65.4 Å². The van der Waals surface area contributed by atoms with Crippen LogP contribution in [0.5, 0.6) is 11.5 Å². The fourth-order valence-corrected chi connectivity index (χ4v) is 4.34. The molecule has 0 fully saturated rings. The van der Waals surface area contributed by atoms with Gasteiger partial charge in [-0.25, -0.2) is 4.98 Å². The predicted octanol–water partition coefficient (Wildman–Crippen LogP) is 5.23. The molecule has 0 bridgehead atoms. The third kappa shape index (κ3) is 3.12. The van der Waals surface area contributed by atoms with Crippen LogP contribution in [-0.4, -0.2) is 29.6 Å². The number of hydrogen-bond acceptors (Lipinski definition) is 5. The Balaban J connectivity index is 1.77. The van der Waals surface area contributed by atoms with Crippen LogP contribution in [0, 0.1) is 0 Å². The first-order valence-corrected chi connectivity index (χ1v) is 10.4. The number of carbonyl (C=O) groups is 1. The molecule has 2 heterocycles. The van der Waals surface area contributed by atoms with Crippen LogP contribution >= 0.6 is 0 Å². The summed E-state index contributed by atoms with van der Waals surface area (Å²) in [6, 6.07) is 22.7. The highest BCUT2D eigenvalue weighted by Gasteiger charge is 2.34. The van der Waals surface area contributed by atoms with E-state index in [9.17, 15) is 4.79 Å². The molecule has 0 aliphatic carbocycles. The summed E-state index contributed by atoms with van der Waals surface area (Å²) >= 11 is 0. The number of ketones is 1. The summed E-state index contributed by atoms with van der Waals surface area (Å²) in [5, 5.41) is 3.36. The van der Waals surface area contributed by atoms with E-state index in [-0.39, 0.29) is 11.8 Å². The largest absolute Gasteiger partial charge is 0.493 e. The van der Waals surface area contributed by atoms with E-state index in [2.05, 4.69) is 9.88 Å². The number of rotatable bonds is 5. The first-order chi connectivity index (χ1) is 15.6. The van der Waals surface area contributed by atoms with Crippen molar-refractivity contribution in [3.05, 3.63) is 95.2 Å². The van der Waals surface area contributed by atoms with Gasteiger partial charge in [0.15, 0.2) is 17.3 Å². The quantitative estimate of drug-likeness (QED) is 0.444. The second-order valence-electron chi connectivity index (χ2n) is 7.67. The molecule has 4 aromatic rings. The number of hydrogen-bond donors (Lipinski definition) is 1. The molecule has 1 aliphatic rings. The molecular formula is C26H23N3O3. The number of nitrogens with one attached hydrogen (secondary N) is 1. The number of methoxy groups -OCH3 is 2. The number of aromatic nitrogens is 2. The molecule has 1 aliphatic heterocycles. The lowest BCUT2D eigenvalue weighted by atomic mass is 9.89. The SMILES string of the molecule is COc1ccc([C@H]2C(C(=O)c3ccccc3)=C(C)Nc3nc4ccccc4n32)cc1OC. The second-order valence-corrected chi connectivity index (χ2v) is 7.67. The fraction of sp³-hybridized carbons (Fsp3) is 0.154. The second kappa shape index (κ2) is 7.89. The number of carbonyl (C=O) groups excluding carboxylic acids is 1. The van der Waals surface area contributed by atoms with Gasteiger partial charge in [0.1, 0.15) is 0 Å². The minimum absolute atomic E-state index is 0.0289. The van der Waals surface area contributed by atoms with E-state index >= 15 is 0 Å². The minimum atomic E-state index is -0.383. The number of para-hydroxylation sites is 2. The molecule has 3 aromatic carbocycles. The van der Waals surface area contributed by atoms with Crippen molar-refractivity contribution in [2.24, 2.45) is 0 Å². The van der Waals surface area contributed by atoms with Crippen LogP contribution in [0.1, 0.15) is 28.9 Å². The van der Waals surface area contributed by atoms with Gasteiger partial charge in [-0.05, 0) is 36.8 Å². The number of anilines is 1. The lowest BCUT2D eigenvalue weighted by Gasteiger charge is -2.31. The molecule has 1 atom stereocenters. The van der Waals surface area contributed by atoms with E-state index in [0.29, 0.717) is 28.6 Å². The lowest BCUT2D eigenvalue weighted by molar-refractivity contribution is 0.102. The molecule has 1 N–H and O–H groups in total. The predicted molar refractivity (Wildman–Crippen MR) is 125 cm³/mol. The third-order valence-electron chi connectivity index (χ3n) is 5.83. The summed E-state index contributed by atoms with van der Waals surface area (Å²) < 4.78 is 13.1. The monoisotopic (exact) mass is 425 g/mol. The summed E-state index contributed by atoms with van der Waals surface area (Å²) in [6.07, 6.45) is 0. The normalized spacial score (nSPS) is 15.3. The Morgan fingerprint density at radius 3 is 2.41 bits per heavy atom.